The van der Waals surface area contributed by atoms with Crippen LogP contribution in [0.3, 0.4) is 0 Å². The second-order valence-corrected chi connectivity index (χ2v) is 12.1. The summed E-state index contributed by atoms with van der Waals surface area (Å²) in [6.45, 7) is 4.74. The minimum Gasteiger partial charge on any atom is -0.356 e. The summed E-state index contributed by atoms with van der Waals surface area (Å²) in [4.78, 5) is 79.4. The Morgan fingerprint density at radius 1 is 0.933 bits per heavy atom. The Bertz CT molecular complexity index is 1410. The predicted molar refractivity (Wildman–Crippen MR) is 158 cm³/mol. The molecule has 2 unspecified atom stereocenters. The lowest BCUT2D eigenvalue weighted by molar-refractivity contribution is -0.176. The fourth-order valence-electron chi connectivity index (χ4n) is 5.01. The number of Topliss-reactive ketones (excluding diaryl/α,β-unsaturated/α-hetero) is 2. The summed E-state index contributed by atoms with van der Waals surface area (Å²) < 4.78 is 39.4. The maximum absolute atomic E-state index is 13.9. The van der Waals surface area contributed by atoms with E-state index in [1.807, 2.05) is 0 Å². The SMILES string of the molecule is CN(C(=O)[C@@H](NC(=O)C(F)(F)F)C(C)(C)C)[C@@H](Cc1ccccc1)C(=O)NC(CC1CCNC1=O)C(=O)C(=O)c1ccccc1. The highest BCUT2D eigenvalue weighted by atomic mass is 19.4. The van der Waals surface area contributed by atoms with E-state index in [-0.39, 0.29) is 24.3 Å². The van der Waals surface area contributed by atoms with Crippen molar-refractivity contribution in [3.63, 3.8) is 0 Å². The van der Waals surface area contributed by atoms with Crippen molar-refractivity contribution in [3.8, 4) is 0 Å². The van der Waals surface area contributed by atoms with Crippen molar-refractivity contribution in [1.82, 2.24) is 20.9 Å². The summed E-state index contributed by atoms with van der Waals surface area (Å²) in [6, 6.07) is 11.6. The van der Waals surface area contributed by atoms with Crippen LogP contribution < -0.4 is 16.0 Å². The number of nitrogens with one attached hydrogen (secondary N) is 3. The fraction of sp³-hybridized carbons (Fsp3) is 0.438. The van der Waals surface area contributed by atoms with Gasteiger partial charge in [0.1, 0.15) is 12.1 Å². The van der Waals surface area contributed by atoms with Crippen molar-refractivity contribution < 1.29 is 41.9 Å². The molecular weight excluding hydrogens is 593 g/mol. The molecule has 0 aromatic heterocycles. The molecule has 1 fully saturated rings. The first-order chi connectivity index (χ1) is 21.0. The number of hydrogen-bond acceptors (Lipinski definition) is 6. The number of benzene rings is 2. The third-order valence-electron chi connectivity index (χ3n) is 7.61. The molecule has 3 N–H and O–H groups in total. The van der Waals surface area contributed by atoms with Gasteiger partial charge in [0.15, 0.2) is 0 Å². The molecule has 1 saturated heterocycles. The normalized spacial score (nSPS) is 17.0. The summed E-state index contributed by atoms with van der Waals surface area (Å²) >= 11 is 0. The number of nitrogens with zero attached hydrogens (tertiary/aromatic N) is 1. The lowest BCUT2D eigenvalue weighted by atomic mass is 9.85. The summed E-state index contributed by atoms with van der Waals surface area (Å²) in [5.74, 6) is -7.02. The Labute approximate surface area is 259 Å². The quantitative estimate of drug-likeness (QED) is 0.243. The van der Waals surface area contributed by atoms with Gasteiger partial charge in [0.2, 0.25) is 29.3 Å². The van der Waals surface area contributed by atoms with Crippen molar-refractivity contribution in [2.75, 3.05) is 13.6 Å². The van der Waals surface area contributed by atoms with Gasteiger partial charge in [-0.25, -0.2) is 0 Å². The molecule has 0 spiro atoms. The van der Waals surface area contributed by atoms with E-state index >= 15 is 0 Å². The van der Waals surface area contributed by atoms with Gasteiger partial charge in [-0.3, -0.25) is 28.8 Å². The largest absolute Gasteiger partial charge is 0.471 e. The van der Waals surface area contributed by atoms with E-state index in [9.17, 15) is 41.9 Å². The predicted octanol–water partition coefficient (Wildman–Crippen LogP) is 2.61. The van der Waals surface area contributed by atoms with Crippen molar-refractivity contribution >= 4 is 35.2 Å². The number of carbonyl (C=O) groups is 6. The number of ketones is 2. The molecule has 2 aromatic carbocycles. The highest BCUT2D eigenvalue weighted by molar-refractivity contribution is 6.45. The van der Waals surface area contributed by atoms with Crippen molar-refractivity contribution in [1.29, 1.82) is 0 Å². The van der Waals surface area contributed by atoms with Crippen LogP contribution in [0.1, 0.15) is 49.5 Å². The van der Waals surface area contributed by atoms with Crippen LogP contribution in [0.15, 0.2) is 60.7 Å². The van der Waals surface area contributed by atoms with Crippen molar-refractivity contribution in [2.45, 2.75) is 64.3 Å². The van der Waals surface area contributed by atoms with Gasteiger partial charge < -0.3 is 20.9 Å². The zero-order chi connectivity index (χ0) is 33.5. The van der Waals surface area contributed by atoms with Gasteiger partial charge in [0, 0.05) is 31.5 Å². The third-order valence-corrected chi connectivity index (χ3v) is 7.61. The van der Waals surface area contributed by atoms with E-state index in [1.54, 1.807) is 53.8 Å². The van der Waals surface area contributed by atoms with Crippen LogP contribution in [0, 0.1) is 11.3 Å². The fourth-order valence-corrected chi connectivity index (χ4v) is 5.01. The smallest absolute Gasteiger partial charge is 0.356 e. The molecule has 3 rings (SSSR count). The van der Waals surface area contributed by atoms with Gasteiger partial charge in [-0.2, -0.15) is 13.2 Å². The molecular formula is C32H37F3N4O6. The number of halogens is 3. The van der Waals surface area contributed by atoms with E-state index in [4.69, 9.17) is 0 Å². The molecule has 0 aliphatic carbocycles. The Morgan fingerprint density at radius 2 is 1.51 bits per heavy atom. The van der Waals surface area contributed by atoms with E-state index in [2.05, 4.69) is 10.6 Å². The molecule has 10 nitrogen and oxygen atoms in total. The van der Waals surface area contributed by atoms with E-state index < -0.39 is 64.9 Å². The summed E-state index contributed by atoms with van der Waals surface area (Å²) in [7, 11) is 1.21. The molecule has 13 heteroatoms. The first kappa shape index (κ1) is 34.9. The number of amides is 4. The number of alkyl halides is 3. The first-order valence-corrected chi connectivity index (χ1v) is 14.4. The molecule has 242 valence electrons. The number of carbonyl (C=O) groups excluding carboxylic acids is 6. The minimum absolute atomic E-state index is 0.0826. The number of hydrogen-bond donors (Lipinski definition) is 3. The van der Waals surface area contributed by atoms with Crippen LogP contribution >= 0.6 is 0 Å². The molecule has 0 saturated carbocycles. The maximum Gasteiger partial charge on any atom is 0.471 e. The highest BCUT2D eigenvalue weighted by Gasteiger charge is 2.45. The molecule has 1 aliphatic rings. The van der Waals surface area contributed by atoms with E-state index in [0.29, 0.717) is 18.5 Å². The van der Waals surface area contributed by atoms with Gasteiger partial charge in [-0.05, 0) is 23.8 Å². The average Bonchev–Trinajstić information content (AvgIpc) is 3.40. The first-order valence-electron chi connectivity index (χ1n) is 14.4. The molecule has 45 heavy (non-hydrogen) atoms. The average molecular weight is 631 g/mol. The third kappa shape index (κ3) is 9.22. The molecule has 1 aliphatic heterocycles. The zero-order valence-corrected chi connectivity index (χ0v) is 25.4. The van der Waals surface area contributed by atoms with Crippen LogP contribution in [-0.2, 0) is 30.4 Å². The van der Waals surface area contributed by atoms with E-state index in [0.717, 1.165) is 4.90 Å². The van der Waals surface area contributed by atoms with Gasteiger partial charge >= 0.3 is 12.1 Å². The number of rotatable bonds is 12. The Balaban J connectivity index is 1.97. The van der Waals surface area contributed by atoms with Crippen LogP contribution in [-0.4, -0.2) is 78.0 Å². The molecule has 0 radical (unpaired) electrons. The second kappa shape index (κ2) is 14.5. The van der Waals surface area contributed by atoms with Crippen LogP contribution in [0.5, 0.6) is 0 Å². The monoisotopic (exact) mass is 630 g/mol. The summed E-state index contributed by atoms with van der Waals surface area (Å²) in [6.07, 6.45) is -5.18. The van der Waals surface area contributed by atoms with Crippen molar-refractivity contribution in [3.05, 3.63) is 71.8 Å². The van der Waals surface area contributed by atoms with Crippen LogP contribution in [0.2, 0.25) is 0 Å². The molecule has 4 amide bonds. The second-order valence-electron chi connectivity index (χ2n) is 12.1. The van der Waals surface area contributed by atoms with Gasteiger partial charge in [-0.1, -0.05) is 81.4 Å². The highest BCUT2D eigenvalue weighted by Crippen LogP contribution is 2.25. The zero-order valence-electron chi connectivity index (χ0n) is 25.4. The molecule has 0 bridgehead atoms. The minimum atomic E-state index is -5.26. The lowest BCUT2D eigenvalue weighted by Gasteiger charge is -2.37. The van der Waals surface area contributed by atoms with Gasteiger partial charge in [0.05, 0.1) is 6.04 Å². The van der Waals surface area contributed by atoms with Gasteiger partial charge in [-0.15, -0.1) is 0 Å². The standard InChI is InChI=1S/C32H37F3N4O6/c1-31(2,3)26(38-30(45)32(33,34)35)29(44)39(4)23(17-19-11-7-5-8-12-19)28(43)37-22(18-21-15-16-36-27(21)42)25(41)24(40)20-13-9-6-10-14-20/h5-14,21-23,26H,15-18H2,1-4H3,(H,36,42)(H,37,43)(H,38,45)/t21?,22?,23-,26+/m0/s1. The topological polar surface area (TPSA) is 142 Å². The van der Waals surface area contributed by atoms with Crippen molar-refractivity contribution in [2.24, 2.45) is 11.3 Å². The maximum atomic E-state index is 13.9. The summed E-state index contributed by atoms with van der Waals surface area (Å²) in [5.41, 5.74) is -0.530. The van der Waals surface area contributed by atoms with Crippen LogP contribution in [0.4, 0.5) is 13.2 Å². The Morgan fingerprint density at radius 3 is 2.02 bits per heavy atom. The molecule has 4 atom stereocenters. The Kier molecular flexibility index (Phi) is 11.2. The Hall–Kier alpha value is -4.55. The van der Waals surface area contributed by atoms with E-state index in [1.165, 1.54) is 40.0 Å². The summed E-state index contributed by atoms with van der Waals surface area (Å²) in [5, 5.41) is 6.97. The molecule has 1 heterocycles. The van der Waals surface area contributed by atoms with Crippen LogP contribution in [0.25, 0.3) is 0 Å². The molecule has 2 aromatic rings. The number of likely N-dealkylation sites (N-methyl/N-ethyl adjacent to an activating group) is 1. The van der Waals surface area contributed by atoms with Gasteiger partial charge in [0.25, 0.3) is 0 Å². The lowest BCUT2D eigenvalue weighted by Crippen LogP contribution is -2.61.